The molecule has 0 aliphatic carbocycles. The zero-order chi connectivity index (χ0) is 11.4. The lowest BCUT2D eigenvalue weighted by Gasteiger charge is -2.22. The molecule has 2 rings (SSSR count). The fourth-order valence-corrected chi connectivity index (χ4v) is 2.01. The first kappa shape index (κ1) is 11.0. The highest BCUT2D eigenvalue weighted by molar-refractivity contribution is 5.85. The lowest BCUT2D eigenvalue weighted by Crippen LogP contribution is -2.23. The SMILES string of the molecule is CCCN(CC)c1[c]c2ccccc2cc1. The van der Waals surface area contributed by atoms with Gasteiger partial charge in [0, 0.05) is 24.8 Å². The molecule has 0 spiro atoms. The van der Waals surface area contributed by atoms with Crippen LogP contribution in [0.2, 0.25) is 0 Å². The van der Waals surface area contributed by atoms with E-state index in [9.17, 15) is 0 Å². The van der Waals surface area contributed by atoms with Crippen molar-refractivity contribution in [2.45, 2.75) is 20.3 Å². The highest BCUT2D eigenvalue weighted by Gasteiger charge is 2.03. The van der Waals surface area contributed by atoms with Crippen LogP contribution in [0.25, 0.3) is 10.8 Å². The summed E-state index contributed by atoms with van der Waals surface area (Å²) in [5.41, 5.74) is 1.21. The second-order valence-electron chi connectivity index (χ2n) is 4.01. The van der Waals surface area contributed by atoms with E-state index in [1.165, 1.54) is 22.9 Å². The van der Waals surface area contributed by atoms with Crippen molar-refractivity contribution in [2.75, 3.05) is 18.0 Å². The molecule has 0 fully saturated rings. The van der Waals surface area contributed by atoms with Gasteiger partial charge in [-0.1, -0.05) is 37.3 Å². The maximum atomic E-state index is 3.49. The molecule has 0 aliphatic heterocycles. The van der Waals surface area contributed by atoms with Gasteiger partial charge in [0.25, 0.3) is 0 Å². The van der Waals surface area contributed by atoms with Crippen LogP contribution < -0.4 is 4.90 Å². The van der Waals surface area contributed by atoms with E-state index in [4.69, 9.17) is 0 Å². The van der Waals surface area contributed by atoms with Crippen LogP contribution in [0.3, 0.4) is 0 Å². The third-order valence-corrected chi connectivity index (χ3v) is 2.86. The molecular weight excluding hydrogens is 194 g/mol. The standard InChI is InChI=1S/C15H18N/c1-3-11-16(4-2)15-10-9-13-7-5-6-8-14(13)12-15/h5-10H,3-4,11H2,1-2H3. The Morgan fingerprint density at radius 1 is 1.06 bits per heavy atom. The molecule has 83 valence electrons. The van der Waals surface area contributed by atoms with E-state index < -0.39 is 0 Å². The van der Waals surface area contributed by atoms with E-state index in [2.05, 4.69) is 61.2 Å². The molecule has 0 bridgehead atoms. The zero-order valence-corrected chi connectivity index (χ0v) is 10.0. The summed E-state index contributed by atoms with van der Waals surface area (Å²) in [6.45, 7) is 6.55. The van der Waals surface area contributed by atoms with Crippen LogP contribution >= 0.6 is 0 Å². The fourth-order valence-electron chi connectivity index (χ4n) is 2.01. The topological polar surface area (TPSA) is 3.24 Å². The Balaban J connectivity index is 2.37. The maximum absolute atomic E-state index is 3.49. The van der Waals surface area contributed by atoms with Crippen molar-refractivity contribution < 1.29 is 0 Å². The summed E-state index contributed by atoms with van der Waals surface area (Å²) >= 11 is 0. The molecule has 0 unspecified atom stereocenters. The van der Waals surface area contributed by atoms with Gasteiger partial charge < -0.3 is 4.90 Å². The highest BCUT2D eigenvalue weighted by Crippen LogP contribution is 2.21. The minimum atomic E-state index is 1.04. The van der Waals surface area contributed by atoms with Crippen molar-refractivity contribution in [1.82, 2.24) is 0 Å². The van der Waals surface area contributed by atoms with E-state index >= 15 is 0 Å². The average molecular weight is 212 g/mol. The number of anilines is 1. The van der Waals surface area contributed by atoms with Gasteiger partial charge >= 0.3 is 0 Å². The van der Waals surface area contributed by atoms with E-state index in [-0.39, 0.29) is 0 Å². The molecule has 1 radical (unpaired) electrons. The van der Waals surface area contributed by atoms with E-state index in [0.717, 1.165) is 13.1 Å². The van der Waals surface area contributed by atoms with Gasteiger partial charge in [0.05, 0.1) is 0 Å². The van der Waals surface area contributed by atoms with Crippen LogP contribution in [0.5, 0.6) is 0 Å². The molecule has 0 amide bonds. The van der Waals surface area contributed by atoms with Gasteiger partial charge in [-0.3, -0.25) is 0 Å². The van der Waals surface area contributed by atoms with Crippen molar-refractivity contribution in [3.63, 3.8) is 0 Å². The number of hydrogen-bond donors (Lipinski definition) is 0. The summed E-state index contributed by atoms with van der Waals surface area (Å²) in [5, 5.41) is 2.47. The van der Waals surface area contributed by atoms with E-state index in [1.54, 1.807) is 0 Å². The van der Waals surface area contributed by atoms with Crippen molar-refractivity contribution in [2.24, 2.45) is 0 Å². The Morgan fingerprint density at radius 3 is 2.62 bits per heavy atom. The minimum absolute atomic E-state index is 1.04. The zero-order valence-electron chi connectivity index (χ0n) is 10.0. The van der Waals surface area contributed by atoms with Crippen molar-refractivity contribution in [3.8, 4) is 0 Å². The second kappa shape index (κ2) is 5.02. The molecule has 0 aromatic heterocycles. The minimum Gasteiger partial charge on any atom is -0.371 e. The number of hydrogen-bond acceptors (Lipinski definition) is 1. The molecule has 0 saturated heterocycles. The predicted molar refractivity (Wildman–Crippen MR) is 71.0 cm³/mol. The van der Waals surface area contributed by atoms with E-state index in [1.807, 2.05) is 0 Å². The molecule has 1 heteroatoms. The Labute approximate surface area is 97.7 Å². The number of rotatable bonds is 4. The van der Waals surface area contributed by atoms with Gasteiger partial charge in [0.1, 0.15) is 0 Å². The molecule has 0 aliphatic rings. The Morgan fingerprint density at radius 2 is 1.88 bits per heavy atom. The first-order valence-electron chi connectivity index (χ1n) is 6.01. The molecular formula is C15H18N. The lowest BCUT2D eigenvalue weighted by molar-refractivity contribution is 0.792. The van der Waals surface area contributed by atoms with Gasteiger partial charge in [0.2, 0.25) is 0 Å². The second-order valence-corrected chi connectivity index (χ2v) is 4.01. The molecule has 2 aromatic rings. The van der Waals surface area contributed by atoms with Crippen LogP contribution in [0.4, 0.5) is 5.69 Å². The Kier molecular flexibility index (Phi) is 3.45. The first-order valence-corrected chi connectivity index (χ1v) is 6.01. The smallest absolute Gasteiger partial charge is 0.0453 e. The molecule has 0 saturated carbocycles. The third-order valence-electron chi connectivity index (χ3n) is 2.86. The Bertz CT molecular complexity index is 462. The number of fused-ring (bicyclic) bond motifs is 1. The van der Waals surface area contributed by atoms with Gasteiger partial charge in [-0.15, -0.1) is 0 Å². The van der Waals surface area contributed by atoms with Crippen molar-refractivity contribution in [3.05, 3.63) is 42.5 Å². The maximum Gasteiger partial charge on any atom is 0.0453 e. The summed E-state index contributed by atoms with van der Waals surface area (Å²) in [7, 11) is 0. The summed E-state index contributed by atoms with van der Waals surface area (Å²) in [4.78, 5) is 2.37. The average Bonchev–Trinajstić information content (AvgIpc) is 2.35. The molecule has 0 atom stereocenters. The van der Waals surface area contributed by atoms with Crippen molar-refractivity contribution >= 4 is 16.5 Å². The predicted octanol–water partition coefficient (Wildman–Crippen LogP) is 3.88. The van der Waals surface area contributed by atoms with Gasteiger partial charge in [-0.25, -0.2) is 0 Å². The summed E-state index contributed by atoms with van der Waals surface area (Å²) in [6.07, 6.45) is 1.18. The monoisotopic (exact) mass is 212 g/mol. The highest BCUT2D eigenvalue weighted by atomic mass is 15.1. The largest absolute Gasteiger partial charge is 0.371 e. The van der Waals surface area contributed by atoms with Crippen LogP contribution in [-0.4, -0.2) is 13.1 Å². The number of nitrogens with zero attached hydrogens (tertiary/aromatic N) is 1. The molecule has 0 N–H and O–H groups in total. The van der Waals surface area contributed by atoms with Crippen LogP contribution in [0.15, 0.2) is 36.4 Å². The molecule has 0 heterocycles. The normalized spacial score (nSPS) is 10.6. The number of benzene rings is 2. The summed E-state index contributed by atoms with van der Waals surface area (Å²) in [6, 6.07) is 16.2. The first-order chi connectivity index (χ1) is 7.85. The third kappa shape index (κ3) is 2.19. The molecule has 2 aromatic carbocycles. The summed E-state index contributed by atoms with van der Waals surface area (Å²) in [5.74, 6) is 0. The van der Waals surface area contributed by atoms with Gasteiger partial charge in [0.15, 0.2) is 0 Å². The fraction of sp³-hybridized carbons (Fsp3) is 0.333. The van der Waals surface area contributed by atoms with Gasteiger partial charge in [-0.2, -0.15) is 0 Å². The lowest BCUT2D eigenvalue weighted by atomic mass is 10.1. The van der Waals surface area contributed by atoms with Gasteiger partial charge in [-0.05, 0) is 30.2 Å². The molecule has 16 heavy (non-hydrogen) atoms. The van der Waals surface area contributed by atoms with Crippen LogP contribution in [0, 0.1) is 6.07 Å². The quantitative estimate of drug-likeness (QED) is 0.743. The summed E-state index contributed by atoms with van der Waals surface area (Å²) < 4.78 is 0. The van der Waals surface area contributed by atoms with E-state index in [0.29, 0.717) is 0 Å². The van der Waals surface area contributed by atoms with Crippen LogP contribution in [-0.2, 0) is 0 Å². The van der Waals surface area contributed by atoms with Crippen molar-refractivity contribution in [1.29, 1.82) is 0 Å². The molecule has 1 nitrogen and oxygen atoms in total. The Hall–Kier alpha value is -1.50. The van der Waals surface area contributed by atoms with Crippen LogP contribution in [0.1, 0.15) is 20.3 Å².